The van der Waals surface area contributed by atoms with Crippen LogP contribution in [-0.2, 0) is 4.12 Å². The van der Waals surface area contributed by atoms with Crippen molar-refractivity contribution in [3.05, 3.63) is 0 Å². The van der Waals surface area contributed by atoms with Gasteiger partial charge in [0.25, 0.3) is 0 Å². The van der Waals surface area contributed by atoms with Crippen LogP contribution >= 0.6 is 0 Å². The van der Waals surface area contributed by atoms with Gasteiger partial charge in [-0.05, 0) is 36.3 Å². The smallest absolute Gasteiger partial charge is 0.179 e. The van der Waals surface area contributed by atoms with Crippen LogP contribution in [0.5, 0.6) is 0 Å². The van der Waals surface area contributed by atoms with Crippen LogP contribution in [0.3, 0.4) is 0 Å². The maximum atomic E-state index is 7.07. The van der Waals surface area contributed by atoms with Crippen LogP contribution < -0.4 is 0 Å². The second kappa shape index (κ2) is 9.32. The maximum Gasteiger partial charge on any atom is 0.179 e. The Morgan fingerprint density at radius 3 is 1.17 bits per heavy atom. The van der Waals surface area contributed by atoms with Gasteiger partial charge in [0.15, 0.2) is 16.6 Å². The van der Waals surface area contributed by atoms with Gasteiger partial charge in [0.1, 0.15) is 0 Å². The lowest BCUT2D eigenvalue weighted by molar-refractivity contribution is 0.497. The summed E-state index contributed by atoms with van der Waals surface area (Å²) in [6.07, 6.45) is 3.93. The molecule has 110 valence electrons. The van der Waals surface area contributed by atoms with E-state index in [2.05, 4.69) is 41.5 Å². The third-order valence-corrected chi connectivity index (χ3v) is 16.0. The topological polar surface area (TPSA) is 9.23 Å². The van der Waals surface area contributed by atoms with E-state index >= 15 is 0 Å². The Morgan fingerprint density at radius 1 is 0.556 bits per heavy atom. The van der Waals surface area contributed by atoms with E-state index in [1.54, 1.807) is 0 Å². The van der Waals surface area contributed by atoms with Gasteiger partial charge in [-0.15, -0.1) is 0 Å². The fraction of sp³-hybridized carbons (Fsp3) is 1.00. The molecule has 0 aromatic rings. The van der Waals surface area contributed by atoms with Gasteiger partial charge < -0.3 is 4.12 Å². The Hall–Kier alpha value is 0.394. The van der Waals surface area contributed by atoms with Crippen molar-refractivity contribution in [3.8, 4) is 0 Å². The van der Waals surface area contributed by atoms with Crippen molar-refractivity contribution in [1.82, 2.24) is 0 Å². The minimum Gasteiger partial charge on any atom is -0.455 e. The van der Waals surface area contributed by atoms with E-state index in [4.69, 9.17) is 4.12 Å². The molecule has 0 aliphatic heterocycles. The molecule has 0 spiro atoms. The van der Waals surface area contributed by atoms with Crippen LogP contribution in [0, 0.1) is 0 Å². The summed E-state index contributed by atoms with van der Waals surface area (Å²) < 4.78 is 7.07. The fourth-order valence-corrected chi connectivity index (χ4v) is 14.8. The van der Waals surface area contributed by atoms with Gasteiger partial charge in [-0.2, -0.15) is 0 Å². The highest BCUT2D eigenvalue weighted by molar-refractivity contribution is 6.87. The molecular formula is C15H36OSi2. The molecule has 0 atom stereocenters. The zero-order chi connectivity index (χ0) is 14.1. The summed E-state index contributed by atoms with van der Waals surface area (Å²) in [4.78, 5) is 0. The van der Waals surface area contributed by atoms with Crippen molar-refractivity contribution in [2.45, 2.75) is 97.1 Å². The summed E-state index contributed by atoms with van der Waals surface area (Å²) in [5.74, 6) is 0. The molecule has 0 rings (SSSR count). The van der Waals surface area contributed by atoms with E-state index in [1.165, 1.54) is 55.5 Å². The average Bonchev–Trinajstić information content (AvgIpc) is 2.38. The second-order valence-corrected chi connectivity index (χ2v) is 14.9. The molecule has 0 aliphatic carbocycles. The second-order valence-electron chi connectivity index (χ2n) is 5.78. The number of hydrogen-bond donors (Lipinski definition) is 0. The van der Waals surface area contributed by atoms with Crippen LogP contribution in [0.1, 0.15) is 60.8 Å². The molecular weight excluding hydrogens is 252 g/mol. The highest BCUT2D eigenvalue weighted by atomic mass is 28.4. The molecule has 0 N–H and O–H groups in total. The molecule has 0 fully saturated rings. The molecule has 0 aromatic heterocycles. The zero-order valence-electron chi connectivity index (χ0n) is 13.8. The minimum absolute atomic E-state index is 1.31. The van der Waals surface area contributed by atoms with E-state index < -0.39 is 16.6 Å². The summed E-state index contributed by atoms with van der Waals surface area (Å²) >= 11 is 0. The molecule has 0 saturated heterocycles. The Bertz CT molecular complexity index is 197. The summed E-state index contributed by atoms with van der Waals surface area (Å²) in [6.45, 7) is 14.1. The first kappa shape index (κ1) is 18.4. The minimum atomic E-state index is -1.42. The highest BCUT2D eigenvalue weighted by Crippen LogP contribution is 2.34. The van der Waals surface area contributed by atoms with Crippen molar-refractivity contribution in [2.75, 3.05) is 0 Å². The summed E-state index contributed by atoms with van der Waals surface area (Å²) in [5, 5.41) is 0. The predicted molar refractivity (Wildman–Crippen MR) is 89.3 cm³/mol. The predicted octanol–water partition coefficient (Wildman–Crippen LogP) is 6.18. The van der Waals surface area contributed by atoms with Crippen molar-refractivity contribution in [2.24, 2.45) is 0 Å². The Labute approximate surface area is 118 Å². The Morgan fingerprint density at radius 2 is 0.889 bits per heavy atom. The number of hydrogen-bond acceptors (Lipinski definition) is 1. The van der Waals surface area contributed by atoms with Gasteiger partial charge in [-0.25, -0.2) is 0 Å². The number of rotatable bonds is 11. The molecule has 0 heterocycles. The van der Waals surface area contributed by atoms with E-state index in [-0.39, 0.29) is 0 Å². The van der Waals surface area contributed by atoms with Gasteiger partial charge in [0, 0.05) is 0 Å². The summed E-state index contributed by atoms with van der Waals surface area (Å²) in [5.41, 5.74) is 0. The standard InChI is InChI=1S/C15H36OSi2/c1-7-13-17(10-4,11-5)16-18(12-6,14-8-2)15-9-3/h7-15H2,1-6H3. The first-order chi connectivity index (χ1) is 8.57. The van der Waals surface area contributed by atoms with Crippen molar-refractivity contribution in [1.29, 1.82) is 0 Å². The first-order valence-corrected chi connectivity index (χ1v) is 13.3. The molecule has 0 bridgehead atoms. The van der Waals surface area contributed by atoms with Crippen LogP contribution in [0.25, 0.3) is 0 Å². The normalized spacial score (nSPS) is 13.0. The van der Waals surface area contributed by atoms with Crippen molar-refractivity contribution >= 4 is 16.6 Å². The third-order valence-electron chi connectivity index (χ3n) is 4.48. The maximum absolute atomic E-state index is 7.07. The summed E-state index contributed by atoms with van der Waals surface area (Å²) in [7, 11) is -2.83. The highest BCUT2D eigenvalue weighted by Gasteiger charge is 2.40. The van der Waals surface area contributed by atoms with Gasteiger partial charge >= 0.3 is 0 Å². The molecule has 0 saturated carbocycles. The first-order valence-electron chi connectivity index (χ1n) is 8.27. The van der Waals surface area contributed by atoms with Gasteiger partial charge in [0.2, 0.25) is 0 Å². The molecule has 0 aliphatic rings. The quantitative estimate of drug-likeness (QED) is 0.412. The van der Waals surface area contributed by atoms with Crippen LogP contribution in [0.4, 0.5) is 0 Å². The SMILES string of the molecule is CCC[Si](CC)(CC)O[Si](CC)(CCC)CCC. The molecule has 18 heavy (non-hydrogen) atoms. The lowest BCUT2D eigenvalue weighted by Crippen LogP contribution is -2.50. The zero-order valence-corrected chi connectivity index (χ0v) is 15.8. The van der Waals surface area contributed by atoms with E-state index in [0.717, 1.165) is 0 Å². The Kier molecular flexibility index (Phi) is 9.53. The third kappa shape index (κ3) is 5.18. The molecule has 0 amide bonds. The van der Waals surface area contributed by atoms with E-state index in [0.29, 0.717) is 0 Å². The van der Waals surface area contributed by atoms with Gasteiger partial charge in [0.05, 0.1) is 0 Å². The van der Waals surface area contributed by atoms with Gasteiger partial charge in [-0.3, -0.25) is 0 Å². The Balaban J connectivity index is 4.98. The lowest BCUT2D eigenvalue weighted by Gasteiger charge is -2.41. The van der Waals surface area contributed by atoms with Crippen LogP contribution in [0.15, 0.2) is 0 Å². The lowest BCUT2D eigenvalue weighted by atomic mass is 10.6. The average molecular weight is 289 g/mol. The van der Waals surface area contributed by atoms with Gasteiger partial charge in [-0.1, -0.05) is 60.8 Å². The van der Waals surface area contributed by atoms with E-state index in [9.17, 15) is 0 Å². The molecule has 0 unspecified atom stereocenters. The molecule has 0 radical (unpaired) electrons. The summed E-state index contributed by atoms with van der Waals surface area (Å²) in [6, 6.07) is 8.11. The van der Waals surface area contributed by atoms with Crippen molar-refractivity contribution < 1.29 is 4.12 Å². The van der Waals surface area contributed by atoms with Crippen LogP contribution in [-0.4, -0.2) is 16.6 Å². The molecule has 0 aromatic carbocycles. The van der Waals surface area contributed by atoms with E-state index in [1.807, 2.05) is 0 Å². The van der Waals surface area contributed by atoms with Crippen LogP contribution in [0.2, 0.25) is 36.3 Å². The largest absolute Gasteiger partial charge is 0.455 e. The monoisotopic (exact) mass is 288 g/mol. The fourth-order valence-electron chi connectivity index (χ4n) is 3.28. The molecule has 1 nitrogen and oxygen atoms in total. The van der Waals surface area contributed by atoms with Crippen molar-refractivity contribution in [3.63, 3.8) is 0 Å². The molecule has 3 heteroatoms.